The number of hydrogen-bond acceptors (Lipinski definition) is 4. The van der Waals surface area contributed by atoms with Gasteiger partial charge in [-0.25, -0.2) is 0 Å². The van der Waals surface area contributed by atoms with Gasteiger partial charge in [0.25, 0.3) is 5.91 Å². The molecule has 0 aromatic heterocycles. The maximum atomic E-state index is 12.5. The van der Waals surface area contributed by atoms with Crippen LogP contribution in [0.2, 0.25) is 0 Å². The molecule has 0 fully saturated rings. The summed E-state index contributed by atoms with van der Waals surface area (Å²) in [6.07, 6.45) is 1.11. The Labute approximate surface area is 153 Å². The van der Waals surface area contributed by atoms with Gasteiger partial charge < -0.3 is 19.9 Å². The summed E-state index contributed by atoms with van der Waals surface area (Å²) in [5, 5.41) is 13.7. The number of nitrogens with one attached hydrogen (secondary N) is 1. The first kappa shape index (κ1) is 18.3. The molecule has 1 amide bonds. The first-order valence-corrected chi connectivity index (χ1v) is 9.01. The molecule has 0 aliphatic heterocycles. The first-order chi connectivity index (χ1) is 12.5. The lowest BCUT2D eigenvalue weighted by atomic mass is 10.0. The van der Waals surface area contributed by atoms with Crippen LogP contribution in [0, 0.1) is 0 Å². The molecular weight excluding hydrogens is 330 g/mol. The Morgan fingerprint density at radius 2 is 1.65 bits per heavy atom. The lowest BCUT2D eigenvalue weighted by molar-refractivity contribution is 0.0479. The van der Waals surface area contributed by atoms with Gasteiger partial charge in [-0.05, 0) is 43.2 Å². The third-order valence-corrected chi connectivity index (χ3v) is 4.54. The van der Waals surface area contributed by atoms with Gasteiger partial charge in [-0.15, -0.1) is 0 Å². The van der Waals surface area contributed by atoms with Crippen molar-refractivity contribution in [1.82, 2.24) is 5.32 Å². The van der Waals surface area contributed by atoms with Gasteiger partial charge in [0.1, 0.15) is 0 Å². The van der Waals surface area contributed by atoms with E-state index in [1.54, 1.807) is 18.2 Å². The molecule has 138 valence electrons. The minimum atomic E-state index is -0.937. The lowest BCUT2D eigenvalue weighted by Crippen LogP contribution is -2.43. The van der Waals surface area contributed by atoms with Gasteiger partial charge in [0.2, 0.25) is 0 Å². The molecule has 3 rings (SSSR count). The van der Waals surface area contributed by atoms with Gasteiger partial charge in [0.05, 0.1) is 18.8 Å². The topological polar surface area (TPSA) is 67.8 Å². The Hall–Kier alpha value is -2.53. The second kappa shape index (κ2) is 7.79. The summed E-state index contributed by atoms with van der Waals surface area (Å²) < 4.78 is 11.1. The molecule has 1 aliphatic rings. The van der Waals surface area contributed by atoms with Crippen molar-refractivity contribution in [2.75, 3.05) is 19.8 Å². The highest BCUT2D eigenvalue weighted by Gasteiger charge is 2.35. The summed E-state index contributed by atoms with van der Waals surface area (Å²) in [5.74, 6) is 0.933. The molecule has 26 heavy (non-hydrogen) atoms. The zero-order valence-corrected chi connectivity index (χ0v) is 15.2. The predicted molar refractivity (Wildman–Crippen MR) is 99.9 cm³/mol. The largest absolute Gasteiger partial charge is 0.490 e. The maximum absolute atomic E-state index is 12.5. The molecule has 2 aromatic carbocycles. The smallest absolute Gasteiger partial charge is 0.251 e. The Morgan fingerprint density at radius 1 is 1.04 bits per heavy atom. The molecule has 0 saturated heterocycles. The van der Waals surface area contributed by atoms with Crippen molar-refractivity contribution in [3.8, 4) is 11.5 Å². The molecule has 0 heterocycles. The van der Waals surface area contributed by atoms with Crippen molar-refractivity contribution in [3.05, 3.63) is 59.2 Å². The quantitative estimate of drug-likeness (QED) is 0.801. The molecule has 0 unspecified atom stereocenters. The van der Waals surface area contributed by atoms with Crippen molar-refractivity contribution in [1.29, 1.82) is 0 Å². The standard InChI is InChI=1S/C21H25NO4/c1-3-25-18-10-9-15(11-19(18)26-4-2)20(23)22-14-21(24)12-16-7-5-6-8-17(16)13-21/h5-11,24H,3-4,12-14H2,1-2H3,(H,22,23). The fraction of sp³-hybridized carbons (Fsp3) is 0.381. The molecule has 2 N–H and O–H groups in total. The van der Waals surface area contributed by atoms with Crippen LogP contribution in [-0.2, 0) is 12.8 Å². The van der Waals surface area contributed by atoms with Crippen molar-refractivity contribution >= 4 is 5.91 Å². The molecular formula is C21H25NO4. The molecule has 0 radical (unpaired) electrons. The van der Waals surface area contributed by atoms with Crippen molar-refractivity contribution in [2.45, 2.75) is 32.3 Å². The number of benzene rings is 2. The van der Waals surface area contributed by atoms with E-state index in [1.165, 1.54) is 0 Å². The van der Waals surface area contributed by atoms with Crippen LogP contribution in [0.4, 0.5) is 0 Å². The fourth-order valence-electron chi connectivity index (χ4n) is 3.34. The number of amides is 1. The Kier molecular flexibility index (Phi) is 5.47. The summed E-state index contributed by atoms with van der Waals surface area (Å²) in [6.45, 7) is 5.01. The Balaban J connectivity index is 1.66. The molecule has 0 atom stereocenters. The number of carbonyl (C=O) groups excluding carboxylic acids is 1. The molecule has 0 saturated carbocycles. The number of carbonyl (C=O) groups is 1. The lowest BCUT2D eigenvalue weighted by Gasteiger charge is -2.22. The summed E-state index contributed by atoms with van der Waals surface area (Å²) in [4.78, 5) is 12.5. The molecule has 1 aliphatic carbocycles. The number of fused-ring (bicyclic) bond motifs is 1. The highest BCUT2D eigenvalue weighted by atomic mass is 16.5. The van der Waals surface area contributed by atoms with Crippen LogP contribution in [0.25, 0.3) is 0 Å². The van der Waals surface area contributed by atoms with E-state index in [2.05, 4.69) is 5.32 Å². The highest BCUT2D eigenvalue weighted by Crippen LogP contribution is 2.30. The van der Waals surface area contributed by atoms with Gasteiger partial charge in [0.15, 0.2) is 11.5 Å². The van der Waals surface area contributed by atoms with Gasteiger partial charge in [-0.1, -0.05) is 24.3 Å². The summed E-state index contributed by atoms with van der Waals surface area (Å²) in [6, 6.07) is 13.1. The molecule has 5 nitrogen and oxygen atoms in total. The third kappa shape index (κ3) is 3.99. The minimum absolute atomic E-state index is 0.206. The van der Waals surface area contributed by atoms with E-state index in [0.29, 0.717) is 43.1 Å². The van der Waals surface area contributed by atoms with E-state index < -0.39 is 5.60 Å². The van der Waals surface area contributed by atoms with Crippen LogP contribution in [0.5, 0.6) is 11.5 Å². The minimum Gasteiger partial charge on any atom is -0.490 e. The van der Waals surface area contributed by atoms with Crippen molar-refractivity contribution in [2.24, 2.45) is 0 Å². The summed E-state index contributed by atoms with van der Waals surface area (Å²) >= 11 is 0. The SMILES string of the molecule is CCOc1ccc(C(=O)NCC2(O)Cc3ccccc3C2)cc1OCC. The average molecular weight is 355 g/mol. The summed E-state index contributed by atoms with van der Waals surface area (Å²) in [7, 11) is 0. The normalized spacial score (nSPS) is 14.6. The van der Waals surface area contributed by atoms with E-state index >= 15 is 0 Å². The molecule has 0 bridgehead atoms. The number of ether oxygens (including phenoxy) is 2. The Bertz CT molecular complexity index is 762. The number of hydrogen-bond donors (Lipinski definition) is 2. The molecule has 0 spiro atoms. The average Bonchev–Trinajstić information content (AvgIpc) is 2.98. The van der Waals surface area contributed by atoms with Crippen LogP contribution in [0.1, 0.15) is 35.3 Å². The van der Waals surface area contributed by atoms with Gasteiger partial charge in [0, 0.05) is 24.9 Å². The number of aliphatic hydroxyl groups is 1. The highest BCUT2D eigenvalue weighted by molar-refractivity contribution is 5.95. The van der Waals surface area contributed by atoms with Crippen LogP contribution in [-0.4, -0.2) is 36.4 Å². The zero-order valence-electron chi connectivity index (χ0n) is 15.2. The van der Waals surface area contributed by atoms with E-state index in [0.717, 1.165) is 11.1 Å². The van der Waals surface area contributed by atoms with E-state index in [1.807, 2.05) is 38.1 Å². The summed E-state index contributed by atoms with van der Waals surface area (Å²) in [5.41, 5.74) is 1.83. The van der Waals surface area contributed by atoms with Crippen LogP contribution < -0.4 is 14.8 Å². The van der Waals surface area contributed by atoms with Gasteiger partial charge in [-0.3, -0.25) is 4.79 Å². The van der Waals surface area contributed by atoms with Crippen LogP contribution in [0.3, 0.4) is 0 Å². The monoisotopic (exact) mass is 355 g/mol. The van der Waals surface area contributed by atoms with Crippen molar-refractivity contribution in [3.63, 3.8) is 0 Å². The molecule has 2 aromatic rings. The second-order valence-electron chi connectivity index (χ2n) is 6.56. The first-order valence-electron chi connectivity index (χ1n) is 9.01. The third-order valence-electron chi connectivity index (χ3n) is 4.54. The van der Waals surface area contributed by atoms with E-state index in [4.69, 9.17) is 9.47 Å². The Morgan fingerprint density at radius 3 is 2.27 bits per heavy atom. The maximum Gasteiger partial charge on any atom is 0.251 e. The van der Waals surface area contributed by atoms with Crippen molar-refractivity contribution < 1.29 is 19.4 Å². The van der Waals surface area contributed by atoms with Gasteiger partial charge in [-0.2, -0.15) is 0 Å². The second-order valence-corrected chi connectivity index (χ2v) is 6.56. The van der Waals surface area contributed by atoms with E-state index in [-0.39, 0.29) is 12.5 Å². The predicted octanol–water partition coefficient (Wildman–Crippen LogP) is 2.74. The number of rotatable bonds is 7. The van der Waals surface area contributed by atoms with Gasteiger partial charge >= 0.3 is 0 Å². The fourth-order valence-corrected chi connectivity index (χ4v) is 3.34. The van der Waals surface area contributed by atoms with Crippen LogP contribution in [0.15, 0.2) is 42.5 Å². The molecule has 5 heteroatoms. The van der Waals surface area contributed by atoms with E-state index in [9.17, 15) is 9.90 Å². The zero-order chi connectivity index (χ0) is 18.6. The van der Waals surface area contributed by atoms with Crippen LogP contribution >= 0.6 is 0 Å².